The Morgan fingerprint density at radius 2 is 2.10 bits per heavy atom. The van der Waals surface area contributed by atoms with Gasteiger partial charge in [0, 0.05) is 18.7 Å². The van der Waals surface area contributed by atoms with Crippen LogP contribution < -0.4 is 4.74 Å². The number of nitrogens with zero attached hydrogens (tertiary/aromatic N) is 3. The molecular formula is C23H24FN3O3. The Morgan fingerprint density at radius 1 is 1.23 bits per heavy atom. The van der Waals surface area contributed by atoms with E-state index < -0.39 is 0 Å². The van der Waals surface area contributed by atoms with E-state index in [1.807, 2.05) is 32.0 Å². The highest BCUT2D eigenvalue weighted by atomic mass is 19.1. The maximum atomic E-state index is 13.4. The number of carbonyl (C=O) groups excluding carboxylic acids is 1. The summed E-state index contributed by atoms with van der Waals surface area (Å²) in [5.41, 5.74) is 2.88. The van der Waals surface area contributed by atoms with Gasteiger partial charge in [0.2, 0.25) is 11.7 Å². The average Bonchev–Trinajstić information content (AvgIpc) is 3.25. The summed E-state index contributed by atoms with van der Waals surface area (Å²) in [6.07, 6.45) is 1.70. The van der Waals surface area contributed by atoms with Crippen LogP contribution in [0.15, 0.2) is 47.0 Å². The van der Waals surface area contributed by atoms with E-state index in [2.05, 4.69) is 10.1 Å². The lowest BCUT2D eigenvalue weighted by atomic mass is 9.98. The summed E-state index contributed by atoms with van der Waals surface area (Å²) in [5.74, 6) is 1.06. The molecule has 4 rings (SSSR count). The summed E-state index contributed by atoms with van der Waals surface area (Å²) in [4.78, 5) is 18.9. The van der Waals surface area contributed by atoms with E-state index in [0.29, 0.717) is 36.1 Å². The van der Waals surface area contributed by atoms with Crippen LogP contribution in [0.5, 0.6) is 5.75 Å². The number of carbonyl (C=O) groups is 1. The molecule has 0 saturated carbocycles. The van der Waals surface area contributed by atoms with Crippen LogP contribution in [-0.4, -0.2) is 40.6 Å². The monoisotopic (exact) mass is 409 g/mol. The molecule has 0 N–H and O–H groups in total. The van der Waals surface area contributed by atoms with Crippen LogP contribution in [0.2, 0.25) is 0 Å². The van der Waals surface area contributed by atoms with Crippen LogP contribution in [0.3, 0.4) is 0 Å². The van der Waals surface area contributed by atoms with Crippen molar-refractivity contribution in [3.63, 3.8) is 0 Å². The number of benzene rings is 2. The molecule has 30 heavy (non-hydrogen) atoms. The van der Waals surface area contributed by atoms with E-state index in [-0.39, 0.29) is 24.2 Å². The number of amides is 1. The molecule has 1 fully saturated rings. The van der Waals surface area contributed by atoms with Crippen LogP contribution >= 0.6 is 0 Å². The van der Waals surface area contributed by atoms with Crippen molar-refractivity contribution in [3.05, 3.63) is 65.3 Å². The highest BCUT2D eigenvalue weighted by molar-refractivity contribution is 5.78. The van der Waals surface area contributed by atoms with Crippen molar-refractivity contribution < 1.29 is 18.4 Å². The van der Waals surface area contributed by atoms with Crippen molar-refractivity contribution in [3.8, 4) is 17.1 Å². The number of halogens is 1. The number of piperidine rings is 1. The van der Waals surface area contributed by atoms with Gasteiger partial charge in [-0.2, -0.15) is 4.98 Å². The molecule has 1 unspecified atom stereocenters. The van der Waals surface area contributed by atoms with Gasteiger partial charge in [0.25, 0.3) is 5.91 Å². The fraction of sp³-hybridized carbons (Fsp3) is 0.348. The minimum Gasteiger partial charge on any atom is -0.484 e. The van der Waals surface area contributed by atoms with Crippen molar-refractivity contribution in [2.24, 2.45) is 0 Å². The first kappa shape index (κ1) is 20.1. The number of likely N-dealkylation sites (tertiary alicyclic amines) is 1. The van der Waals surface area contributed by atoms with Gasteiger partial charge in [0.15, 0.2) is 6.61 Å². The SMILES string of the molecule is Cc1ccc(OCC(=O)N2CCCC(c3nc(-c4cccc(F)c4)no3)C2)cc1C. The molecule has 6 nitrogen and oxygen atoms in total. The van der Waals surface area contributed by atoms with Crippen LogP contribution in [0.1, 0.15) is 35.8 Å². The Hall–Kier alpha value is -3.22. The van der Waals surface area contributed by atoms with Crippen molar-refractivity contribution in [2.45, 2.75) is 32.6 Å². The largest absolute Gasteiger partial charge is 0.484 e. The second-order valence-electron chi connectivity index (χ2n) is 7.68. The van der Waals surface area contributed by atoms with Gasteiger partial charge in [0.1, 0.15) is 11.6 Å². The third-order valence-electron chi connectivity index (χ3n) is 5.49. The van der Waals surface area contributed by atoms with Crippen molar-refractivity contribution in [1.29, 1.82) is 0 Å². The van der Waals surface area contributed by atoms with Crippen LogP contribution in [0.4, 0.5) is 4.39 Å². The summed E-state index contributed by atoms with van der Waals surface area (Å²) < 4.78 is 24.6. The van der Waals surface area contributed by atoms with Gasteiger partial charge in [-0.25, -0.2) is 4.39 Å². The van der Waals surface area contributed by atoms with Crippen LogP contribution in [0.25, 0.3) is 11.4 Å². The average molecular weight is 409 g/mol. The Bertz CT molecular complexity index is 1050. The number of aryl methyl sites for hydroxylation is 2. The van der Waals surface area contributed by atoms with E-state index in [1.165, 1.54) is 17.7 Å². The molecule has 0 aliphatic carbocycles. The van der Waals surface area contributed by atoms with Crippen LogP contribution in [-0.2, 0) is 4.79 Å². The molecule has 7 heteroatoms. The van der Waals surface area contributed by atoms with E-state index in [9.17, 15) is 9.18 Å². The van der Waals surface area contributed by atoms with Crippen LogP contribution in [0, 0.1) is 19.7 Å². The molecule has 1 amide bonds. The molecule has 2 aromatic carbocycles. The lowest BCUT2D eigenvalue weighted by Gasteiger charge is -2.31. The lowest BCUT2D eigenvalue weighted by molar-refractivity contribution is -0.134. The minimum atomic E-state index is -0.350. The second-order valence-corrected chi connectivity index (χ2v) is 7.68. The first-order valence-electron chi connectivity index (χ1n) is 10.1. The quantitative estimate of drug-likeness (QED) is 0.629. The van der Waals surface area contributed by atoms with E-state index in [0.717, 1.165) is 18.4 Å². The lowest BCUT2D eigenvalue weighted by Crippen LogP contribution is -2.41. The second kappa shape index (κ2) is 8.65. The molecule has 2 heterocycles. The van der Waals surface area contributed by atoms with Crippen molar-refractivity contribution in [1.82, 2.24) is 15.0 Å². The maximum absolute atomic E-state index is 13.4. The highest BCUT2D eigenvalue weighted by Crippen LogP contribution is 2.28. The fourth-order valence-corrected chi connectivity index (χ4v) is 3.59. The smallest absolute Gasteiger partial charge is 0.260 e. The zero-order chi connectivity index (χ0) is 21.1. The van der Waals surface area contributed by atoms with E-state index >= 15 is 0 Å². The third kappa shape index (κ3) is 4.50. The first-order chi connectivity index (χ1) is 14.5. The number of hydrogen-bond acceptors (Lipinski definition) is 5. The molecule has 1 aliphatic heterocycles. The van der Waals surface area contributed by atoms with Gasteiger partial charge in [-0.3, -0.25) is 4.79 Å². The Labute approximate surface area is 174 Å². The molecule has 1 saturated heterocycles. The molecule has 156 valence electrons. The zero-order valence-corrected chi connectivity index (χ0v) is 17.1. The van der Waals surface area contributed by atoms with Crippen molar-refractivity contribution in [2.75, 3.05) is 19.7 Å². The minimum absolute atomic E-state index is 0.00635. The van der Waals surface area contributed by atoms with Gasteiger partial charge >= 0.3 is 0 Å². The Morgan fingerprint density at radius 3 is 2.90 bits per heavy atom. The van der Waals surface area contributed by atoms with Gasteiger partial charge in [-0.15, -0.1) is 0 Å². The molecule has 1 aliphatic rings. The van der Waals surface area contributed by atoms with Crippen molar-refractivity contribution >= 4 is 5.91 Å². The summed E-state index contributed by atoms with van der Waals surface area (Å²) in [5, 5.41) is 3.98. The third-order valence-corrected chi connectivity index (χ3v) is 5.49. The molecule has 1 aromatic heterocycles. The predicted molar refractivity (Wildman–Crippen MR) is 110 cm³/mol. The number of aromatic nitrogens is 2. The molecule has 3 aromatic rings. The summed E-state index contributed by atoms with van der Waals surface area (Å²) in [7, 11) is 0. The maximum Gasteiger partial charge on any atom is 0.260 e. The fourth-order valence-electron chi connectivity index (χ4n) is 3.59. The number of ether oxygens (including phenoxy) is 1. The molecular weight excluding hydrogens is 385 g/mol. The topological polar surface area (TPSA) is 68.5 Å². The van der Waals surface area contributed by atoms with Gasteiger partial charge < -0.3 is 14.2 Å². The number of rotatable bonds is 5. The van der Waals surface area contributed by atoms with Gasteiger partial charge in [-0.05, 0) is 62.1 Å². The Kier molecular flexibility index (Phi) is 5.79. The highest BCUT2D eigenvalue weighted by Gasteiger charge is 2.29. The molecule has 1 atom stereocenters. The van der Waals surface area contributed by atoms with Gasteiger partial charge in [-0.1, -0.05) is 23.4 Å². The zero-order valence-electron chi connectivity index (χ0n) is 17.1. The van der Waals surface area contributed by atoms with E-state index in [4.69, 9.17) is 9.26 Å². The predicted octanol–water partition coefficient (Wildman–Crippen LogP) is 4.28. The molecule has 0 spiro atoms. The normalized spacial score (nSPS) is 16.5. The standard InChI is InChI=1S/C23H24FN3O3/c1-15-8-9-20(11-16(15)2)29-14-21(28)27-10-4-6-18(13-27)23-25-22(26-30-23)17-5-3-7-19(24)12-17/h3,5,7-9,11-12,18H,4,6,10,13-14H2,1-2H3. The van der Waals surface area contributed by atoms with Gasteiger partial charge in [0.05, 0.1) is 5.92 Å². The molecule has 0 bridgehead atoms. The molecule has 0 radical (unpaired) electrons. The number of hydrogen-bond donors (Lipinski definition) is 0. The summed E-state index contributed by atoms with van der Waals surface area (Å²) in [6, 6.07) is 11.9. The first-order valence-corrected chi connectivity index (χ1v) is 10.1. The van der Waals surface area contributed by atoms with E-state index in [1.54, 1.807) is 17.0 Å². The Balaban J connectivity index is 1.38. The summed E-state index contributed by atoms with van der Waals surface area (Å²) >= 11 is 0. The summed E-state index contributed by atoms with van der Waals surface area (Å²) in [6.45, 7) is 5.22.